The van der Waals surface area contributed by atoms with Crippen LogP contribution in [0, 0.1) is 27.7 Å². The van der Waals surface area contributed by atoms with Crippen molar-refractivity contribution in [2.24, 2.45) is 0 Å². The molecule has 5 rings (SSSR count). The van der Waals surface area contributed by atoms with Gasteiger partial charge in [-0.1, -0.05) is 0 Å². The van der Waals surface area contributed by atoms with E-state index in [1.165, 1.54) is 59.8 Å². The van der Waals surface area contributed by atoms with Gasteiger partial charge in [0.1, 0.15) is 0 Å². The molecule has 1 fully saturated rings. The van der Waals surface area contributed by atoms with Crippen molar-refractivity contribution in [3.63, 3.8) is 0 Å². The van der Waals surface area contributed by atoms with Crippen LogP contribution < -0.4 is 9.80 Å². The summed E-state index contributed by atoms with van der Waals surface area (Å²) in [5, 5.41) is 5.28. The van der Waals surface area contributed by atoms with Gasteiger partial charge >= 0.3 is 198 Å². The predicted octanol–water partition coefficient (Wildman–Crippen LogP) is 7.03. The summed E-state index contributed by atoms with van der Waals surface area (Å²) in [6, 6.07) is 22.0. The molecule has 4 aromatic rings. The molecule has 0 unspecified atom stereocenters. The van der Waals surface area contributed by atoms with Gasteiger partial charge in [-0.05, 0) is 0 Å². The predicted molar refractivity (Wildman–Crippen MR) is 135 cm³/mol. The van der Waals surface area contributed by atoms with E-state index in [1.807, 2.05) is 0 Å². The van der Waals surface area contributed by atoms with E-state index in [-0.39, 0.29) is 0 Å². The Morgan fingerprint density at radius 3 is 1.52 bits per heavy atom. The molecule has 0 aromatic heterocycles. The minimum atomic E-state index is 0.969. The van der Waals surface area contributed by atoms with Gasteiger partial charge in [0.05, 0.1) is 0 Å². The number of hydrogen-bond donors (Lipinski definition) is 0. The van der Waals surface area contributed by atoms with E-state index in [4.69, 9.17) is 0 Å². The molecule has 1 heterocycles. The number of hydrogen-bond acceptors (Lipinski definition) is 2. The van der Waals surface area contributed by atoms with Crippen molar-refractivity contribution in [2.75, 3.05) is 22.9 Å². The maximum atomic E-state index is 3.74. The molecule has 0 aliphatic carbocycles. The molecule has 4 heteroatoms. The van der Waals surface area contributed by atoms with E-state index in [0.717, 1.165) is 13.1 Å². The molecule has 0 radical (unpaired) electrons. The third kappa shape index (κ3) is 3.33. The van der Waals surface area contributed by atoms with Crippen molar-refractivity contribution in [1.29, 1.82) is 0 Å². The first-order valence-electron chi connectivity index (χ1n) is 10.6. The van der Waals surface area contributed by atoms with E-state index in [9.17, 15) is 0 Å². The van der Waals surface area contributed by atoms with Crippen molar-refractivity contribution >= 4 is 51.7 Å². The van der Waals surface area contributed by atoms with Gasteiger partial charge in [-0.2, -0.15) is 0 Å². The fourth-order valence-electron chi connectivity index (χ4n) is 5.17. The van der Waals surface area contributed by atoms with E-state index in [1.54, 1.807) is 12.7 Å². The topological polar surface area (TPSA) is 6.48 Å². The number of halogens is 1. The number of benzene rings is 4. The molecule has 1 aliphatic heterocycles. The zero-order chi connectivity index (χ0) is 21.7. The average Bonchev–Trinajstić information content (AvgIpc) is 3.17. The Morgan fingerprint density at radius 1 is 0.677 bits per heavy atom. The van der Waals surface area contributed by atoms with Gasteiger partial charge in [0.2, 0.25) is 0 Å². The van der Waals surface area contributed by atoms with Gasteiger partial charge in [-0.3, -0.25) is 0 Å². The summed E-state index contributed by atoms with van der Waals surface area (Å²) in [6.07, 6.45) is 0. The van der Waals surface area contributed by atoms with E-state index < -0.39 is 0 Å². The Morgan fingerprint density at radius 2 is 1.10 bits per heavy atom. The zero-order valence-electron chi connectivity index (χ0n) is 18.3. The fraction of sp³-hybridized carbons (Fsp3) is 0.222. The van der Waals surface area contributed by atoms with Crippen molar-refractivity contribution < 1.29 is 12.7 Å². The first-order valence-corrected chi connectivity index (χ1v) is 13.4. The summed E-state index contributed by atoms with van der Waals surface area (Å²) in [5.41, 5.74) is 8.00. The Hall–Kier alpha value is -2.13. The standard InChI is InChI=1S/C27H26N2.BrH.Cu/c1-18-15-22-9-5-7-11-24(22)20(3)26(18)28-13-14-29(17-28)27-19(2)16-23-10-6-8-12-25(23)21(27)4;;/h5-12,15-16H,13-14H2,1-4H3;1H;/q;;+1/p-1. The second-order valence-corrected chi connectivity index (χ2v) is 9.96. The van der Waals surface area contributed by atoms with Crippen LogP contribution in [-0.2, 0) is 12.7 Å². The molecular weight excluding hydrogens is 496 g/mol. The molecule has 31 heavy (non-hydrogen) atoms. The first kappa shape index (κ1) is 20.8. The van der Waals surface area contributed by atoms with Gasteiger partial charge < -0.3 is 0 Å². The minimum absolute atomic E-state index is 0.969. The molecule has 1 saturated heterocycles. The van der Waals surface area contributed by atoms with Crippen molar-refractivity contribution in [3.05, 3.63) is 82.9 Å². The molecule has 0 atom stereocenters. The van der Waals surface area contributed by atoms with Crippen molar-refractivity contribution in [2.45, 2.75) is 27.7 Å². The summed E-state index contributed by atoms with van der Waals surface area (Å²) in [4.78, 5) is 4.97. The molecule has 0 amide bonds. The molecule has 4 aromatic carbocycles. The quantitative estimate of drug-likeness (QED) is 0.261. The van der Waals surface area contributed by atoms with Gasteiger partial charge in [-0.25, -0.2) is 0 Å². The van der Waals surface area contributed by atoms with E-state index in [2.05, 4.69) is 112 Å². The summed E-state index contributed by atoms with van der Waals surface area (Å²) in [7, 11) is 0. The maximum absolute atomic E-state index is 3.74. The second-order valence-electron chi connectivity index (χ2n) is 8.37. The average molecular weight is 522 g/mol. The van der Waals surface area contributed by atoms with Gasteiger partial charge in [0, 0.05) is 0 Å². The molecule has 0 bridgehead atoms. The Labute approximate surface area is 197 Å². The molecular formula is C27H26BrCuN2. The fourth-order valence-corrected chi connectivity index (χ4v) is 6.85. The number of anilines is 2. The number of nitrogens with zero attached hydrogens (tertiary/aromatic N) is 2. The molecule has 1 aliphatic rings. The third-order valence-electron chi connectivity index (χ3n) is 6.47. The van der Waals surface area contributed by atoms with Crippen LogP contribution in [0.3, 0.4) is 0 Å². The van der Waals surface area contributed by atoms with Crippen LogP contribution in [0.15, 0.2) is 60.7 Å². The SMILES string of the molecule is Cc1cc2ccccc2c(C)c1N1CCN(c2c(C)cc3ccccc3c2C)[C]1=[Cu][Br]. The molecule has 162 valence electrons. The van der Waals surface area contributed by atoms with Crippen LogP contribution in [0.5, 0.6) is 0 Å². The monoisotopic (exact) mass is 520 g/mol. The van der Waals surface area contributed by atoms with Gasteiger partial charge in [0.25, 0.3) is 0 Å². The van der Waals surface area contributed by atoms with E-state index in [0.29, 0.717) is 0 Å². The van der Waals surface area contributed by atoms with Crippen molar-refractivity contribution in [1.82, 2.24) is 0 Å². The molecule has 0 N–H and O–H groups in total. The molecule has 0 spiro atoms. The van der Waals surface area contributed by atoms with E-state index >= 15 is 0 Å². The van der Waals surface area contributed by atoms with Crippen LogP contribution in [0.25, 0.3) is 21.5 Å². The Balaban J connectivity index is 1.65. The third-order valence-corrected chi connectivity index (χ3v) is 8.02. The second kappa shape index (κ2) is 8.09. The van der Waals surface area contributed by atoms with Crippen LogP contribution in [-0.4, -0.2) is 17.8 Å². The van der Waals surface area contributed by atoms with Gasteiger partial charge in [-0.15, -0.1) is 0 Å². The summed E-state index contributed by atoms with van der Waals surface area (Å²) in [6.45, 7) is 10.9. The van der Waals surface area contributed by atoms with Crippen LogP contribution in [0.2, 0.25) is 0 Å². The van der Waals surface area contributed by atoms with Crippen molar-refractivity contribution in [3.8, 4) is 0 Å². The Bertz CT molecular complexity index is 1260. The summed E-state index contributed by atoms with van der Waals surface area (Å²) in [5.74, 6) is 0. The van der Waals surface area contributed by atoms with Crippen LogP contribution >= 0.6 is 14.1 Å². The summed E-state index contributed by atoms with van der Waals surface area (Å²) >= 11 is 5.51. The molecule has 2 nitrogen and oxygen atoms in total. The summed E-state index contributed by atoms with van der Waals surface area (Å²) < 4.78 is 1.23. The number of fused-ring (bicyclic) bond motifs is 2. The number of aryl methyl sites for hydroxylation is 4. The van der Waals surface area contributed by atoms with Crippen LogP contribution in [0.1, 0.15) is 22.3 Å². The first-order chi connectivity index (χ1) is 15.0. The normalized spacial score (nSPS) is 14.4. The molecule has 0 saturated carbocycles. The zero-order valence-corrected chi connectivity index (χ0v) is 20.8. The number of rotatable bonds is 2. The van der Waals surface area contributed by atoms with Gasteiger partial charge in [0.15, 0.2) is 0 Å². The Kier molecular flexibility index (Phi) is 5.42. The van der Waals surface area contributed by atoms with Crippen LogP contribution in [0.4, 0.5) is 11.4 Å².